The summed E-state index contributed by atoms with van der Waals surface area (Å²) >= 11 is 0. The van der Waals surface area contributed by atoms with Crippen molar-refractivity contribution in [3.63, 3.8) is 0 Å². The standard InChI is InChI=1S/C15H23N5O/c1-6-12(7-2)20-13(10-11(3)16-20)15(21)19(5)14-8-9-18(4)17-14/h8-10,12H,6-7H2,1-5H3. The Kier molecular flexibility index (Phi) is 4.45. The average Bonchev–Trinajstić information content (AvgIpc) is 3.05. The van der Waals surface area contributed by atoms with Gasteiger partial charge in [-0.15, -0.1) is 0 Å². The molecule has 21 heavy (non-hydrogen) atoms. The van der Waals surface area contributed by atoms with Crippen LogP contribution in [0.5, 0.6) is 0 Å². The van der Waals surface area contributed by atoms with Crippen LogP contribution in [0, 0.1) is 6.92 Å². The van der Waals surface area contributed by atoms with Gasteiger partial charge in [0.2, 0.25) is 0 Å². The van der Waals surface area contributed by atoms with E-state index in [-0.39, 0.29) is 11.9 Å². The molecule has 0 spiro atoms. The van der Waals surface area contributed by atoms with Gasteiger partial charge in [-0.1, -0.05) is 13.8 Å². The first-order chi connectivity index (χ1) is 9.97. The number of anilines is 1. The molecule has 0 aliphatic heterocycles. The highest BCUT2D eigenvalue weighted by atomic mass is 16.2. The molecule has 2 heterocycles. The van der Waals surface area contributed by atoms with Gasteiger partial charge in [-0.2, -0.15) is 10.2 Å². The fourth-order valence-electron chi connectivity index (χ4n) is 2.45. The molecular formula is C15H23N5O. The highest BCUT2D eigenvalue weighted by molar-refractivity contribution is 6.04. The normalized spacial score (nSPS) is 11.1. The molecule has 2 aromatic rings. The van der Waals surface area contributed by atoms with E-state index >= 15 is 0 Å². The Labute approximate surface area is 125 Å². The van der Waals surface area contributed by atoms with E-state index in [1.54, 1.807) is 16.6 Å². The quantitative estimate of drug-likeness (QED) is 0.850. The maximum absolute atomic E-state index is 12.7. The first kappa shape index (κ1) is 15.3. The second kappa shape index (κ2) is 6.11. The van der Waals surface area contributed by atoms with Crippen molar-refractivity contribution in [2.75, 3.05) is 11.9 Å². The van der Waals surface area contributed by atoms with Crippen LogP contribution in [0.3, 0.4) is 0 Å². The monoisotopic (exact) mass is 289 g/mol. The molecule has 0 fully saturated rings. The summed E-state index contributed by atoms with van der Waals surface area (Å²) in [6.45, 7) is 6.14. The number of carbonyl (C=O) groups is 1. The van der Waals surface area contributed by atoms with Gasteiger partial charge in [-0.25, -0.2) is 0 Å². The van der Waals surface area contributed by atoms with Gasteiger partial charge < -0.3 is 0 Å². The number of hydrogen-bond donors (Lipinski definition) is 0. The molecule has 2 aromatic heterocycles. The minimum atomic E-state index is -0.0822. The lowest BCUT2D eigenvalue weighted by molar-refractivity contribution is 0.0978. The van der Waals surface area contributed by atoms with Gasteiger partial charge in [0.05, 0.1) is 11.7 Å². The Morgan fingerprint density at radius 1 is 1.33 bits per heavy atom. The van der Waals surface area contributed by atoms with E-state index in [1.165, 1.54) is 0 Å². The summed E-state index contributed by atoms with van der Waals surface area (Å²) in [4.78, 5) is 14.3. The third kappa shape index (κ3) is 2.99. The molecule has 114 valence electrons. The summed E-state index contributed by atoms with van der Waals surface area (Å²) in [5.41, 5.74) is 1.48. The van der Waals surface area contributed by atoms with E-state index in [2.05, 4.69) is 24.0 Å². The van der Waals surface area contributed by atoms with Crippen molar-refractivity contribution in [3.05, 3.63) is 29.7 Å². The topological polar surface area (TPSA) is 56.0 Å². The molecular weight excluding hydrogens is 266 g/mol. The molecule has 0 aliphatic rings. The number of amides is 1. The Bertz CT molecular complexity index is 624. The maximum Gasteiger partial charge on any atom is 0.277 e. The molecule has 0 radical (unpaired) electrons. The lowest BCUT2D eigenvalue weighted by Crippen LogP contribution is -2.30. The predicted octanol–water partition coefficient (Wildman–Crippen LogP) is 2.56. The van der Waals surface area contributed by atoms with Crippen LogP contribution in [0.1, 0.15) is 48.9 Å². The summed E-state index contributed by atoms with van der Waals surface area (Å²) < 4.78 is 3.54. The van der Waals surface area contributed by atoms with Crippen LogP contribution >= 0.6 is 0 Å². The Balaban J connectivity index is 2.34. The fraction of sp³-hybridized carbons (Fsp3) is 0.533. The van der Waals surface area contributed by atoms with Crippen molar-refractivity contribution in [3.8, 4) is 0 Å². The van der Waals surface area contributed by atoms with Crippen LogP contribution < -0.4 is 4.90 Å². The largest absolute Gasteiger partial charge is 0.293 e. The summed E-state index contributed by atoms with van der Waals surface area (Å²) in [5.74, 6) is 0.554. The average molecular weight is 289 g/mol. The number of nitrogens with zero attached hydrogens (tertiary/aromatic N) is 5. The molecule has 0 unspecified atom stereocenters. The minimum Gasteiger partial charge on any atom is -0.293 e. The highest BCUT2D eigenvalue weighted by Gasteiger charge is 2.23. The second-order valence-electron chi connectivity index (χ2n) is 5.30. The van der Waals surface area contributed by atoms with Crippen molar-refractivity contribution >= 4 is 11.7 Å². The first-order valence-electron chi connectivity index (χ1n) is 7.31. The molecule has 0 saturated carbocycles. The zero-order valence-corrected chi connectivity index (χ0v) is 13.4. The van der Waals surface area contributed by atoms with Crippen LogP contribution in [-0.2, 0) is 7.05 Å². The number of aromatic nitrogens is 4. The van der Waals surface area contributed by atoms with Gasteiger partial charge in [0.15, 0.2) is 5.82 Å². The van der Waals surface area contributed by atoms with Crippen LogP contribution in [-0.4, -0.2) is 32.5 Å². The van der Waals surface area contributed by atoms with E-state index in [4.69, 9.17) is 0 Å². The first-order valence-corrected chi connectivity index (χ1v) is 7.31. The third-order valence-corrected chi connectivity index (χ3v) is 3.71. The Morgan fingerprint density at radius 2 is 2.00 bits per heavy atom. The lowest BCUT2D eigenvalue weighted by Gasteiger charge is -2.19. The predicted molar refractivity (Wildman–Crippen MR) is 82.5 cm³/mol. The van der Waals surface area contributed by atoms with Gasteiger partial charge in [0.1, 0.15) is 5.69 Å². The van der Waals surface area contributed by atoms with Gasteiger partial charge in [0.25, 0.3) is 5.91 Å². The number of rotatable bonds is 5. The summed E-state index contributed by atoms with van der Waals surface area (Å²) in [6, 6.07) is 3.91. The van der Waals surface area contributed by atoms with Crippen molar-refractivity contribution in [1.29, 1.82) is 0 Å². The molecule has 1 amide bonds. The van der Waals surface area contributed by atoms with E-state index in [0.29, 0.717) is 11.5 Å². The zero-order chi connectivity index (χ0) is 15.6. The molecule has 2 rings (SSSR count). The van der Waals surface area contributed by atoms with Gasteiger partial charge in [-0.3, -0.25) is 19.1 Å². The van der Waals surface area contributed by atoms with Crippen molar-refractivity contribution in [2.24, 2.45) is 7.05 Å². The summed E-state index contributed by atoms with van der Waals surface area (Å²) in [7, 11) is 3.57. The SMILES string of the molecule is CCC(CC)n1nc(C)cc1C(=O)N(C)c1ccn(C)n1. The minimum absolute atomic E-state index is 0.0822. The molecule has 0 aliphatic carbocycles. The molecule has 0 bridgehead atoms. The maximum atomic E-state index is 12.7. The van der Waals surface area contributed by atoms with Crippen molar-refractivity contribution < 1.29 is 4.79 Å². The van der Waals surface area contributed by atoms with Crippen LogP contribution in [0.25, 0.3) is 0 Å². The van der Waals surface area contributed by atoms with Crippen LogP contribution in [0.4, 0.5) is 5.82 Å². The molecule has 0 saturated heterocycles. The van der Waals surface area contributed by atoms with Crippen molar-refractivity contribution in [1.82, 2.24) is 19.6 Å². The molecule has 6 nitrogen and oxygen atoms in total. The highest BCUT2D eigenvalue weighted by Crippen LogP contribution is 2.21. The lowest BCUT2D eigenvalue weighted by atomic mass is 10.1. The number of carbonyl (C=O) groups excluding carboxylic acids is 1. The Morgan fingerprint density at radius 3 is 2.52 bits per heavy atom. The van der Waals surface area contributed by atoms with E-state index in [0.717, 1.165) is 18.5 Å². The van der Waals surface area contributed by atoms with Crippen molar-refractivity contribution in [2.45, 2.75) is 39.7 Å². The van der Waals surface area contributed by atoms with Gasteiger partial charge >= 0.3 is 0 Å². The summed E-state index contributed by atoms with van der Waals surface area (Å²) in [6.07, 6.45) is 3.72. The Hall–Kier alpha value is -2.11. The van der Waals surface area contributed by atoms with E-state index < -0.39 is 0 Å². The van der Waals surface area contributed by atoms with E-state index in [9.17, 15) is 4.79 Å². The third-order valence-electron chi connectivity index (χ3n) is 3.71. The summed E-state index contributed by atoms with van der Waals surface area (Å²) in [5, 5.41) is 8.77. The molecule has 0 aromatic carbocycles. The smallest absolute Gasteiger partial charge is 0.277 e. The number of hydrogen-bond acceptors (Lipinski definition) is 3. The van der Waals surface area contributed by atoms with Gasteiger partial charge in [-0.05, 0) is 25.8 Å². The second-order valence-corrected chi connectivity index (χ2v) is 5.30. The van der Waals surface area contributed by atoms with Crippen LogP contribution in [0.2, 0.25) is 0 Å². The zero-order valence-electron chi connectivity index (χ0n) is 13.4. The fourth-order valence-corrected chi connectivity index (χ4v) is 2.45. The van der Waals surface area contributed by atoms with Crippen LogP contribution in [0.15, 0.2) is 18.3 Å². The molecule has 0 atom stereocenters. The molecule has 6 heteroatoms. The van der Waals surface area contributed by atoms with E-state index in [1.807, 2.05) is 37.0 Å². The van der Waals surface area contributed by atoms with Gasteiger partial charge in [0, 0.05) is 26.4 Å². The number of aryl methyl sites for hydroxylation is 2. The molecule has 0 N–H and O–H groups in total.